The number of Topliss-reactive ketones (excluding diaryl/α,β-unsaturated/α-hetero) is 1. The summed E-state index contributed by atoms with van der Waals surface area (Å²) in [6.07, 6.45) is 12.2. The van der Waals surface area contributed by atoms with Gasteiger partial charge in [0.25, 0.3) is 0 Å². The fraction of sp³-hybridized carbons (Fsp3) is 0.364. The highest BCUT2D eigenvalue weighted by atomic mass is 19.1. The molecule has 2 aromatic carbocycles. The Morgan fingerprint density at radius 1 is 0.949 bits per heavy atom. The summed E-state index contributed by atoms with van der Waals surface area (Å²) in [6.45, 7) is 8.65. The molecule has 1 aliphatic rings. The molecule has 0 amide bonds. The Morgan fingerprint density at radius 3 is 2.44 bits per heavy atom. The van der Waals surface area contributed by atoms with E-state index in [0.29, 0.717) is 17.3 Å². The quantitative estimate of drug-likeness (QED) is 0.366. The maximum atomic E-state index is 13.3. The first-order valence-corrected chi connectivity index (χ1v) is 14.0. The van der Waals surface area contributed by atoms with Gasteiger partial charge in [0.05, 0.1) is 5.35 Å². The van der Waals surface area contributed by atoms with E-state index in [1.54, 1.807) is 0 Å². The molecule has 1 aliphatic heterocycles. The monoisotopic (exact) mass is 529 g/mol. The van der Waals surface area contributed by atoms with Crippen molar-refractivity contribution in [3.63, 3.8) is 0 Å². The second-order valence-corrected chi connectivity index (χ2v) is 10.2. The van der Waals surface area contributed by atoms with Crippen LogP contribution in [-0.4, -0.2) is 58.0 Å². The third-order valence-corrected chi connectivity index (χ3v) is 7.30. The summed E-state index contributed by atoms with van der Waals surface area (Å²) in [5.41, 5.74) is 2.77. The second kappa shape index (κ2) is 14.6. The molecule has 0 radical (unpaired) electrons. The van der Waals surface area contributed by atoms with Gasteiger partial charge in [-0.2, -0.15) is 0 Å². The molecule has 1 N–H and O–H groups in total. The van der Waals surface area contributed by atoms with Crippen LogP contribution in [0.15, 0.2) is 72.9 Å². The Balaban J connectivity index is 1.40. The van der Waals surface area contributed by atoms with Gasteiger partial charge in [0.1, 0.15) is 12.1 Å². The number of aryl methyl sites for hydroxylation is 1. The smallest absolute Gasteiger partial charge is 0.169 e. The van der Waals surface area contributed by atoms with E-state index in [9.17, 15) is 14.3 Å². The van der Waals surface area contributed by atoms with Crippen molar-refractivity contribution in [1.29, 1.82) is 0 Å². The molecule has 6 heteroatoms. The van der Waals surface area contributed by atoms with E-state index in [2.05, 4.69) is 16.7 Å². The first-order chi connectivity index (χ1) is 19.1. The van der Waals surface area contributed by atoms with Gasteiger partial charge >= 0.3 is 0 Å². The molecule has 3 aromatic rings. The molecule has 0 saturated carbocycles. The molecular weight excluding hydrogens is 489 g/mol. The zero-order valence-corrected chi connectivity index (χ0v) is 22.9. The molecule has 0 spiro atoms. The number of aliphatic hydroxyl groups excluding tert-OH is 1. The van der Waals surface area contributed by atoms with Crippen LogP contribution in [0.3, 0.4) is 0 Å². The van der Waals surface area contributed by atoms with Crippen LogP contribution in [0, 0.1) is 5.82 Å². The summed E-state index contributed by atoms with van der Waals surface area (Å²) in [7, 11) is 0. The van der Waals surface area contributed by atoms with Crippen LogP contribution in [0.4, 0.5) is 4.39 Å². The predicted molar refractivity (Wildman–Crippen MR) is 156 cm³/mol. The van der Waals surface area contributed by atoms with Crippen molar-refractivity contribution in [2.45, 2.75) is 45.7 Å². The molecule has 4 rings (SSSR count). The normalized spacial score (nSPS) is 16.3. The van der Waals surface area contributed by atoms with E-state index in [-0.39, 0.29) is 11.6 Å². The van der Waals surface area contributed by atoms with Gasteiger partial charge in [0, 0.05) is 49.6 Å². The van der Waals surface area contributed by atoms with Gasteiger partial charge in [-0.3, -0.25) is 9.69 Å². The van der Waals surface area contributed by atoms with Gasteiger partial charge in [0.15, 0.2) is 5.78 Å². The summed E-state index contributed by atoms with van der Waals surface area (Å²) in [4.78, 5) is 18.2. The minimum atomic E-state index is -0.194. The van der Waals surface area contributed by atoms with E-state index in [1.807, 2.05) is 71.5 Å². The van der Waals surface area contributed by atoms with E-state index < -0.39 is 0 Å². The van der Waals surface area contributed by atoms with Crippen molar-refractivity contribution in [1.82, 2.24) is 14.4 Å². The van der Waals surface area contributed by atoms with Crippen LogP contribution in [0.1, 0.15) is 47.7 Å². The summed E-state index contributed by atoms with van der Waals surface area (Å²) >= 11 is 0. The Hall–Kier alpha value is -3.48. The number of aliphatic hydroxyl groups is 1. The van der Waals surface area contributed by atoms with Gasteiger partial charge in [-0.25, -0.2) is 4.39 Å². The number of ketones is 1. The minimum Gasteiger partial charge on any atom is -0.513 e. The van der Waals surface area contributed by atoms with Crippen LogP contribution < -0.4 is 10.6 Å². The number of aromatic nitrogens is 1. The van der Waals surface area contributed by atoms with E-state index in [0.717, 1.165) is 87.7 Å². The summed E-state index contributed by atoms with van der Waals surface area (Å²) in [5.74, 6) is -0.145. The minimum absolute atomic E-state index is 0.0490. The Bertz CT molecular complexity index is 1350. The van der Waals surface area contributed by atoms with Crippen LogP contribution in [-0.2, 0) is 19.5 Å². The lowest BCUT2D eigenvalue weighted by Gasteiger charge is -2.22. The van der Waals surface area contributed by atoms with Crippen molar-refractivity contribution < 1.29 is 14.3 Å². The van der Waals surface area contributed by atoms with Crippen LogP contribution in [0.5, 0.6) is 0 Å². The number of rotatable bonds is 11. The highest BCUT2D eigenvalue weighted by Gasteiger charge is 2.16. The van der Waals surface area contributed by atoms with Crippen molar-refractivity contribution in [3.8, 4) is 0 Å². The SMILES string of the molecule is CC\C=C/C=c1/c(C(=O)Cc2ccccc2)cn(CCCN2CCCN(Cc3ccc(F)cc3)CC2)/c1=C\O. The lowest BCUT2D eigenvalue weighted by Crippen LogP contribution is -2.33. The van der Waals surface area contributed by atoms with E-state index in [4.69, 9.17) is 0 Å². The summed E-state index contributed by atoms with van der Waals surface area (Å²) in [6, 6.07) is 16.6. The molecule has 1 saturated heterocycles. The molecule has 0 unspecified atom stereocenters. The van der Waals surface area contributed by atoms with E-state index >= 15 is 0 Å². The molecule has 206 valence electrons. The fourth-order valence-electron chi connectivity index (χ4n) is 5.21. The molecule has 1 fully saturated rings. The zero-order valence-electron chi connectivity index (χ0n) is 22.9. The topological polar surface area (TPSA) is 48.7 Å². The van der Waals surface area contributed by atoms with E-state index in [1.165, 1.54) is 12.1 Å². The van der Waals surface area contributed by atoms with Crippen LogP contribution in [0.2, 0.25) is 0 Å². The number of allylic oxidation sites excluding steroid dienone is 2. The number of carbonyl (C=O) groups is 1. The molecular formula is C33H40FN3O2. The molecule has 0 aliphatic carbocycles. The lowest BCUT2D eigenvalue weighted by atomic mass is 10.0. The first kappa shape index (κ1) is 28.5. The number of hydrogen-bond donors (Lipinski definition) is 1. The van der Waals surface area contributed by atoms with Gasteiger partial charge in [-0.1, -0.05) is 67.6 Å². The van der Waals surface area contributed by atoms with Crippen LogP contribution >= 0.6 is 0 Å². The summed E-state index contributed by atoms with van der Waals surface area (Å²) in [5, 5.41) is 11.6. The Morgan fingerprint density at radius 2 is 1.69 bits per heavy atom. The molecule has 1 aromatic heterocycles. The van der Waals surface area contributed by atoms with Crippen molar-refractivity contribution in [2.75, 3.05) is 32.7 Å². The number of carbonyl (C=O) groups excluding carboxylic acids is 1. The maximum Gasteiger partial charge on any atom is 0.169 e. The fourth-order valence-corrected chi connectivity index (χ4v) is 5.21. The highest BCUT2D eigenvalue weighted by Crippen LogP contribution is 2.11. The second-order valence-electron chi connectivity index (χ2n) is 10.2. The van der Waals surface area contributed by atoms with Crippen molar-refractivity contribution in [2.24, 2.45) is 0 Å². The number of halogens is 1. The zero-order chi connectivity index (χ0) is 27.5. The maximum absolute atomic E-state index is 13.3. The van der Waals surface area contributed by atoms with Gasteiger partial charge in [-0.05, 0) is 62.2 Å². The highest BCUT2D eigenvalue weighted by molar-refractivity contribution is 5.98. The van der Waals surface area contributed by atoms with Gasteiger partial charge < -0.3 is 14.6 Å². The van der Waals surface area contributed by atoms with Crippen molar-refractivity contribution >= 4 is 18.1 Å². The number of nitrogens with zero attached hydrogens (tertiary/aromatic N) is 3. The largest absolute Gasteiger partial charge is 0.513 e. The van der Waals surface area contributed by atoms with Gasteiger partial charge in [0.2, 0.25) is 0 Å². The standard InChI is InChI=1S/C33H40FN3O2/c1-2-3-5-12-30-31(33(39)23-27-10-6-4-7-11-27)25-37(32(30)26-38)20-9-18-35-17-8-19-36(22-21-35)24-28-13-15-29(34)16-14-28/h3-7,10-16,25-26,38H,2,8-9,17-24H2,1H3/b5-3-,30-12-,32-26-. The molecule has 5 nitrogen and oxygen atoms in total. The lowest BCUT2D eigenvalue weighted by molar-refractivity contribution is 0.0992. The average Bonchev–Trinajstić information content (AvgIpc) is 3.14. The predicted octanol–water partition coefficient (Wildman–Crippen LogP) is 4.69. The molecule has 2 heterocycles. The molecule has 0 bridgehead atoms. The Labute approximate surface area is 231 Å². The molecule has 39 heavy (non-hydrogen) atoms. The summed E-state index contributed by atoms with van der Waals surface area (Å²) < 4.78 is 15.2. The van der Waals surface area contributed by atoms with Gasteiger partial charge in [-0.15, -0.1) is 0 Å². The third-order valence-electron chi connectivity index (χ3n) is 7.30. The van der Waals surface area contributed by atoms with Crippen molar-refractivity contribution in [3.05, 3.63) is 106 Å². The third kappa shape index (κ3) is 8.25. The molecule has 0 atom stereocenters. The van der Waals surface area contributed by atoms with Crippen LogP contribution in [0.25, 0.3) is 12.3 Å². The average molecular weight is 530 g/mol. The first-order valence-electron chi connectivity index (χ1n) is 14.0. The number of hydrogen-bond acceptors (Lipinski definition) is 4. The Kier molecular flexibility index (Phi) is 10.7. The number of benzene rings is 2.